The van der Waals surface area contributed by atoms with Gasteiger partial charge >= 0.3 is 0 Å². The zero-order valence-electron chi connectivity index (χ0n) is 9.16. The van der Waals surface area contributed by atoms with Crippen molar-refractivity contribution in [3.8, 4) is 0 Å². The third kappa shape index (κ3) is 2.36. The summed E-state index contributed by atoms with van der Waals surface area (Å²) in [6.07, 6.45) is 1.06. The minimum Gasteiger partial charge on any atom is -0.330 e. The summed E-state index contributed by atoms with van der Waals surface area (Å²) in [6.45, 7) is 4.98. The molecule has 1 heterocycles. The van der Waals surface area contributed by atoms with Crippen LogP contribution in [0.4, 0.5) is 0 Å². The normalized spacial score (nSPS) is 13.3. The number of aromatic nitrogens is 1. The van der Waals surface area contributed by atoms with Crippen molar-refractivity contribution >= 4 is 21.6 Å². The van der Waals surface area contributed by atoms with E-state index in [1.165, 1.54) is 10.3 Å². The fourth-order valence-electron chi connectivity index (χ4n) is 1.70. The van der Waals surface area contributed by atoms with Crippen molar-refractivity contribution in [1.82, 2.24) is 4.98 Å². The maximum Gasteiger partial charge on any atom is 0.0907 e. The van der Waals surface area contributed by atoms with Crippen molar-refractivity contribution in [3.63, 3.8) is 0 Å². The van der Waals surface area contributed by atoms with Gasteiger partial charge in [-0.25, -0.2) is 4.98 Å². The largest absolute Gasteiger partial charge is 0.330 e. The molecule has 0 aliphatic rings. The van der Waals surface area contributed by atoms with Crippen LogP contribution in [-0.4, -0.2) is 11.5 Å². The topological polar surface area (TPSA) is 38.9 Å². The van der Waals surface area contributed by atoms with Gasteiger partial charge in [0.1, 0.15) is 0 Å². The SMILES string of the molecule is Cc1nc2ccc(CC(C)CN)cc2s1. The van der Waals surface area contributed by atoms with Crippen molar-refractivity contribution in [2.45, 2.75) is 20.3 Å². The second-order valence-corrected chi connectivity index (χ2v) is 5.31. The van der Waals surface area contributed by atoms with Crippen molar-refractivity contribution < 1.29 is 0 Å². The molecule has 1 aromatic heterocycles. The van der Waals surface area contributed by atoms with Gasteiger partial charge in [-0.1, -0.05) is 13.0 Å². The highest BCUT2D eigenvalue weighted by Gasteiger charge is 2.04. The average Bonchev–Trinajstić information content (AvgIpc) is 2.57. The third-order valence-electron chi connectivity index (χ3n) is 2.55. The summed E-state index contributed by atoms with van der Waals surface area (Å²) in [4.78, 5) is 4.45. The Morgan fingerprint density at radius 2 is 2.27 bits per heavy atom. The molecule has 0 saturated carbocycles. The summed E-state index contributed by atoms with van der Waals surface area (Å²) in [5, 5.41) is 1.13. The molecule has 0 saturated heterocycles. The summed E-state index contributed by atoms with van der Waals surface area (Å²) in [5.41, 5.74) is 8.10. The van der Waals surface area contributed by atoms with E-state index >= 15 is 0 Å². The number of nitrogens with two attached hydrogens (primary N) is 1. The molecule has 0 spiro atoms. The Labute approximate surface area is 94.1 Å². The lowest BCUT2D eigenvalue weighted by atomic mass is 10.0. The molecule has 15 heavy (non-hydrogen) atoms. The fraction of sp³-hybridized carbons (Fsp3) is 0.417. The summed E-state index contributed by atoms with van der Waals surface area (Å²) >= 11 is 1.76. The van der Waals surface area contributed by atoms with Crippen LogP contribution in [0.3, 0.4) is 0 Å². The second kappa shape index (κ2) is 4.29. The van der Waals surface area contributed by atoms with Crippen molar-refractivity contribution in [2.75, 3.05) is 6.54 Å². The van der Waals surface area contributed by atoms with E-state index in [0.29, 0.717) is 5.92 Å². The van der Waals surface area contributed by atoms with Gasteiger partial charge in [-0.2, -0.15) is 0 Å². The van der Waals surface area contributed by atoms with E-state index in [0.717, 1.165) is 23.5 Å². The minimum absolute atomic E-state index is 0.552. The van der Waals surface area contributed by atoms with Gasteiger partial charge in [0.25, 0.3) is 0 Å². The average molecular weight is 220 g/mol. The maximum absolute atomic E-state index is 5.63. The van der Waals surface area contributed by atoms with Gasteiger partial charge in [-0.15, -0.1) is 11.3 Å². The molecule has 80 valence electrons. The van der Waals surface area contributed by atoms with Gasteiger partial charge in [-0.05, 0) is 43.5 Å². The number of aryl methyl sites for hydroxylation is 1. The van der Waals surface area contributed by atoms with Crippen LogP contribution >= 0.6 is 11.3 Å². The van der Waals surface area contributed by atoms with E-state index in [1.54, 1.807) is 11.3 Å². The van der Waals surface area contributed by atoms with Gasteiger partial charge in [0.05, 0.1) is 15.2 Å². The molecule has 3 heteroatoms. The van der Waals surface area contributed by atoms with E-state index in [4.69, 9.17) is 5.73 Å². The van der Waals surface area contributed by atoms with Crippen LogP contribution in [0.1, 0.15) is 17.5 Å². The Morgan fingerprint density at radius 3 is 3.00 bits per heavy atom. The molecule has 0 radical (unpaired) electrons. The molecule has 0 amide bonds. The Balaban J connectivity index is 2.30. The smallest absolute Gasteiger partial charge is 0.0907 e. The van der Waals surface area contributed by atoms with Crippen LogP contribution in [0.2, 0.25) is 0 Å². The number of hydrogen-bond acceptors (Lipinski definition) is 3. The van der Waals surface area contributed by atoms with E-state index in [9.17, 15) is 0 Å². The molecule has 0 bridgehead atoms. The van der Waals surface area contributed by atoms with E-state index in [1.807, 2.05) is 6.92 Å². The molecule has 0 aliphatic carbocycles. The summed E-state index contributed by atoms with van der Waals surface area (Å²) in [7, 11) is 0. The van der Waals surface area contributed by atoms with Crippen LogP contribution in [0.15, 0.2) is 18.2 Å². The number of fused-ring (bicyclic) bond motifs is 1. The van der Waals surface area contributed by atoms with Gasteiger partial charge in [-0.3, -0.25) is 0 Å². The number of rotatable bonds is 3. The quantitative estimate of drug-likeness (QED) is 0.863. The van der Waals surface area contributed by atoms with Crippen LogP contribution < -0.4 is 5.73 Å². The van der Waals surface area contributed by atoms with Crippen LogP contribution in [0, 0.1) is 12.8 Å². The van der Waals surface area contributed by atoms with Crippen molar-refractivity contribution in [3.05, 3.63) is 28.8 Å². The molecule has 1 unspecified atom stereocenters. The lowest BCUT2D eigenvalue weighted by Crippen LogP contribution is -2.12. The number of thiazole rings is 1. The molecule has 2 aromatic rings. The van der Waals surface area contributed by atoms with Gasteiger partial charge in [0.15, 0.2) is 0 Å². The summed E-state index contributed by atoms with van der Waals surface area (Å²) < 4.78 is 1.29. The van der Waals surface area contributed by atoms with E-state index in [2.05, 4.69) is 30.1 Å². The van der Waals surface area contributed by atoms with Crippen molar-refractivity contribution in [1.29, 1.82) is 0 Å². The van der Waals surface area contributed by atoms with E-state index < -0.39 is 0 Å². The Morgan fingerprint density at radius 1 is 1.47 bits per heavy atom. The zero-order chi connectivity index (χ0) is 10.8. The maximum atomic E-state index is 5.63. The third-order valence-corrected chi connectivity index (χ3v) is 3.48. The lowest BCUT2D eigenvalue weighted by Gasteiger charge is -2.07. The minimum atomic E-state index is 0.552. The number of nitrogens with zero attached hydrogens (tertiary/aromatic N) is 1. The Hall–Kier alpha value is -0.930. The van der Waals surface area contributed by atoms with Gasteiger partial charge in [0, 0.05) is 0 Å². The molecule has 1 aromatic carbocycles. The summed E-state index contributed by atoms with van der Waals surface area (Å²) in [6, 6.07) is 6.51. The first-order valence-electron chi connectivity index (χ1n) is 5.25. The van der Waals surface area contributed by atoms with Crippen molar-refractivity contribution in [2.24, 2.45) is 11.7 Å². The molecule has 2 rings (SSSR count). The Kier molecular flexibility index (Phi) is 3.03. The molecule has 0 fully saturated rings. The zero-order valence-corrected chi connectivity index (χ0v) is 9.97. The van der Waals surface area contributed by atoms with Crippen LogP contribution in [0.5, 0.6) is 0 Å². The monoisotopic (exact) mass is 220 g/mol. The number of benzene rings is 1. The molecular formula is C12H16N2S. The summed E-state index contributed by atoms with van der Waals surface area (Å²) in [5.74, 6) is 0.552. The first-order chi connectivity index (χ1) is 7.19. The first kappa shape index (κ1) is 10.6. The molecule has 1 atom stereocenters. The van der Waals surface area contributed by atoms with Crippen LogP contribution in [-0.2, 0) is 6.42 Å². The van der Waals surface area contributed by atoms with Gasteiger partial charge < -0.3 is 5.73 Å². The highest BCUT2D eigenvalue weighted by atomic mass is 32.1. The molecule has 2 N–H and O–H groups in total. The highest BCUT2D eigenvalue weighted by molar-refractivity contribution is 7.18. The van der Waals surface area contributed by atoms with E-state index in [-0.39, 0.29) is 0 Å². The Bertz CT molecular complexity index is 462. The molecule has 0 aliphatic heterocycles. The lowest BCUT2D eigenvalue weighted by molar-refractivity contribution is 0.593. The predicted octanol–water partition coefficient (Wildman–Crippen LogP) is 2.74. The molecular weight excluding hydrogens is 204 g/mol. The predicted molar refractivity (Wildman–Crippen MR) is 66.3 cm³/mol. The molecule has 2 nitrogen and oxygen atoms in total. The highest BCUT2D eigenvalue weighted by Crippen LogP contribution is 2.23. The standard InChI is InChI=1S/C12H16N2S/c1-8(7-13)5-10-3-4-11-12(6-10)15-9(2)14-11/h3-4,6,8H,5,7,13H2,1-2H3. The van der Waals surface area contributed by atoms with Crippen LogP contribution in [0.25, 0.3) is 10.2 Å². The fourth-order valence-corrected chi connectivity index (χ4v) is 2.59. The first-order valence-corrected chi connectivity index (χ1v) is 6.07. The second-order valence-electron chi connectivity index (χ2n) is 4.08. The van der Waals surface area contributed by atoms with Gasteiger partial charge in [0.2, 0.25) is 0 Å². The number of hydrogen-bond donors (Lipinski definition) is 1.